The Hall–Kier alpha value is -3.14. The van der Waals surface area contributed by atoms with Gasteiger partial charge in [0.1, 0.15) is 0 Å². The number of rotatable bonds is 9. The van der Waals surface area contributed by atoms with Crippen LogP contribution < -0.4 is 0 Å². The summed E-state index contributed by atoms with van der Waals surface area (Å²) >= 11 is 1.25. The van der Waals surface area contributed by atoms with Crippen LogP contribution in [0.5, 0.6) is 0 Å². The van der Waals surface area contributed by atoms with Gasteiger partial charge in [-0.25, -0.2) is 4.79 Å². The Bertz CT molecular complexity index is 908. The van der Waals surface area contributed by atoms with Crippen molar-refractivity contribution in [3.63, 3.8) is 0 Å². The standard InChI is InChI=1S/C21H22N2O7S/c1-29-19(26)12-17-22(16(24)13-31-17)10-5-11-30-18(25)8-4-9-23-20(27)14-6-2-3-7-15(14)21(23)28/h2-3,6-7,12H,4-5,8-11,13H2,1H3/b17-12+. The molecule has 9 nitrogen and oxygen atoms in total. The van der Waals surface area contributed by atoms with Gasteiger partial charge in [0.25, 0.3) is 11.8 Å². The fourth-order valence-electron chi connectivity index (χ4n) is 3.23. The number of ether oxygens (including phenoxy) is 2. The molecule has 10 heteroatoms. The van der Waals surface area contributed by atoms with Crippen LogP contribution in [0.25, 0.3) is 0 Å². The maximum absolute atomic E-state index is 12.3. The number of hydrogen-bond acceptors (Lipinski definition) is 8. The van der Waals surface area contributed by atoms with Gasteiger partial charge in [0.2, 0.25) is 5.91 Å². The second-order valence-electron chi connectivity index (χ2n) is 6.82. The monoisotopic (exact) mass is 446 g/mol. The van der Waals surface area contributed by atoms with E-state index in [1.807, 2.05) is 0 Å². The number of carbonyl (C=O) groups is 5. The van der Waals surface area contributed by atoms with Crippen molar-refractivity contribution in [1.29, 1.82) is 0 Å². The first-order valence-electron chi connectivity index (χ1n) is 9.76. The molecule has 0 spiro atoms. The smallest absolute Gasteiger partial charge is 0.333 e. The molecule has 0 unspecified atom stereocenters. The van der Waals surface area contributed by atoms with Gasteiger partial charge in [-0.1, -0.05) is 23.9 Å². The fourth-order valence-corrected chi connectivity index (χ4v) is 4.19. The minimum Gasteiger partial charge on any atom is -0.466 e. The third-order valence-electron chi connectivity index (χ3n) is 4.78. The highest BCUT2D eigenvalue weighted by Crippen LogP contribution is 2.28. The second-order valence-corrected chi connectivity index (χ2v) is 7.82. The van der Waals surface area contributed by atoms with E-state index in [2.05, 4.69) is 4.74 Å². The van der Waals surface area contributed by atoms with Crippen molar-refractivity contribution in [3.8, 4) is 0 Å². The summed E-state index contributed by atoms with van der Waals surface area (Å²) in [6.07, 6.45) is 2.05. The lowest BCUT2D eigenvalue weighted by molar-refractivity contribution is -0.144. The van der Waals surface area contributed by atoms with Crippen molar-refractivity contribution < 1.29 is 33.4 Å². The molecule has 1 fully saturated rings. The van der Waals surface area contributed by atoms with Crippen LogP contribution in [0.4, 0.5) is 0 Å². The summed E-state index contributed by atoms with van der Waals surface area (Å²) in [6, 6.07) is 6.62. The van der Waals surface area contributed by atoms with E-state index >= 15 is 0 Å². The van der Waals surface area contributed by atoms with Gasteiger partial charge in [-0.2, -0.15) is 0 Å². The molecule has 0 atom stereocenters. The van der Waals surface area contributed by atoms with Crippen molar-refractivity contribution in [1.82, 2.24) is 9.80 Å². The minimum atomic E-state index is -0.535. The Morgan fingerprint density at radius 3 is 2.32 bits per heavy atom. The van der Waals surface area contributed by atoms with E-state index in [1.165, 1.54) is 29.8 Å². The number of carbonyl (C=O) groups excluding carboxylic acids is 5. The molecule has 0 saturated carbocycles. The summed E-state index contributed by atoms with van der Waals surface area (Å²) < 4.78 is 9.75. The van der Waals surface area contributed by atoms with E-state index in [4.69, 9.17) is 4.74 Å². The number of hydrogen-bond donors (Lipinski definition) is 0. The Balaban J connectivity index is 1.36. The lowest BCUT2D eigenvalue weighted by Crippen LogP contribution is -2.31. The number of thioether (sulfide) groups is 1. The zero-order valence-electron chi connectivity index (χ0n) is 17.0. The predicted octanol–water partition coefficient (Wildman–Crippen LogP) is 1.59. The average molecular weight is 446 g/mol. The van der Waals surface area contributed by atoms with Crippen LogP contribution >= 0.6 is 11.8 Å². The summed E-state index contributed by atoms with van der Waals surface area (Å²) in [5, 5.41) is 0.518. The second kappa shape index (κ2) is 10.3. The van der Waals surface area contributed by atoms with Crippen LogP contribution in [-0.4, -0.2) is 72.0 Å². The predicted molar refractivity (Wildman–Crippen MR) is 111 cm³/mol. The van der Waals surface area contributed by atoms with Gasteiger partial charge in [0.15, 0.2) is 0 Å². The zero-order valence-corrected chi connectivity index (χ0v) is 17.8. The normalized spacial score (nSPS) is 16.8. The van der Waals surface area contributed by atoms with E-state index < -0.39 is 11.9 Å². The third kappa shape index (κ3) is 5.32. The first-order chi connectivity index (χ1) is 14.9. The van der Waals surface area contributed by atoms with Gasteiger partial charge >= 0.3 is 11.9 Å². The Kier molecular flexibility index (Phi) is 7.45. The molecule has 0 radical (unpaired) electrons. The van der Waals surface area contributed by atoms with Crippen LogP contribution in [0.1, 0.15) is 40.0 Å². The number of methoxy groups -OCH3 is 1. The number of esters is 2. The SMILES string of the molecule is COC(=O)/C=C1/SCC(=O)N1CCCOC(=O)CCCN1C(=O)c2ccccc2C1=O. The first-order valence-corrected chi connectivity index (χ1v) is 10.7. The van der Waals surface area contributed by atoms with Crippen LogP contribution in [0.3, 0.4) is 0 Å². The molecule has 1 saturated heterocycles. The van der Waals surface area contributed by atoms with Crippen molar-refractivity contribution >= 4 is 41.4 Å². The first kappa shape index (κ1) is 22.5. The number of benzene rings is 1. The highest BCUT2D eigenvalue weighted by atomic mass is 32.2. The Morgan fingerprint density at radius 2 is 1.68 bits per heavy atom. The van der Waals surface area contributed by atoms with Crippen molar-refractivity contribution in [3.05, 3.63) is 46.5 Å². The molecule has 2 aliphatic heterocycles. The van der Waals surface area contributed by atoms with Crippen LogP contribution in [-0.2, 0) is 23.9 Å². The van der Waals surface area contributed by atoms with Crippen LogP contribution in [0.15, 0.2) is 35.4 Å². The van der Waals surface area contributed by atoms with Crippen molar-refractivity contribution in [2.75, 3.05) is 32.6 Å². The highest BCUT2D eigenvalue weighted by molar-refractivity contribution is 8.04. The Morgan fingerprint density at radius 1 is 1.03 bits per heavy atom. The molecule has 0 bridgehead atoms. The molecule has 164 valence electrons. The molecule has 0 aromatic heterocycles. The molecular weight excluding hydrogens is 424 g/mol. The topological polar surface area (TPSA) is 110 Å². The molecule has 1 aromatic carbocycles. The number of nitrogens with zero attached hydrogens (tertiary/aromatic N) is 2. The summed E-state index contributed by atoms with van der Waals surface area (Å²) in [4.78, 5) is 62.4. The van der Waals surface area contributed by atoms with Crippen molar-refractivity contribution in [2.45, 2.75) is 19.3 Å². The molecule has 1 aromatic rings. The van der Waals surface area contributed by atoms with E-state index in [-0.39, 0.29) is 43.0 Å². The summed E-state index contributed by atoms with van der Waals surface area (Å²) in [6.45, 7) is 0.575. The molecular formula is C21H22N2O7S. The fraction of sp³-hybridized carbons (Fsp3) is 0.381. The van der Waals surface area contributed by atoms with Crippen molar-refractivity contribution in [2.24, 2.45) is 0 Å². The van der Waals surface area contributed by atoms with Crippen LogP contribution in [0, 0.1) is 0 Å². The van der Waals surface area contributed by atoms with E-state index in [0.717, 1.165) is 4.90 Å². The minimum absolute atomic E-state index is 0.0688. The molecule has 31 heavy (non-hydrogen) atoms. The quantitative estimate of drug-likeness (QED) is 0.243. The maximum atomic E-state index is 12.3. The number of imide groups is 1. The molecule has 3 amide bonds. The highest BCUT2D eigenvalue weighted by Gasteiger charge is 2.34. The summed E-state index contributed by atoms with van der Waals surface area (Å²) in [7, 11) is 1.26. The lowest BCUT2D eigenvalue weighted by Gasteiger charge is -2.16. The van der Waals surface area contributed by atoms with Gasteiger partial charge in [0.05, 0.1) is 41.7 Å². The average Bonchev–Trinajstić information content (AvgIpc) is 3.23. The van der Waals surface area contributed by atoms with Gasteiger partial charge in [0, 0.05) is 19.5 Å². The molecule has 2 aliphatic rings. The summed E-state index contributed by atoms with van der Waals surface area (Å²) in [5.41, 5.74) is 0.760. The molecule has 3 rings (SSSR count). The third-order valence-corrected chi connectivity index (χ3v) is 5.81. The summed E-state index contributed by atoms with van der Waals surface area (Å²) in [5.74, 6) is -1.54. The largest absolute Gasteiger partial charge is 0.466 e. The maximum Gasteiger partial charge on any atom is 0.333 e. The van der Waals surface area contributed by atoms with Gasteiger partial charge < -0.3 is 14.4 Å². The molecule has 0 N–H and O–H groups in total. The van der Waals surface area contributed by atoms with Gasteiger partial charge in [-0.05, 0) is 25.0 Å². The lowest BCUT2D eigenvalue weighted by atomic mass is 10.1. The van der Waals surface area contributed by atoms with Crippen LogP contribution in [0.2, 0.25) is 0 Å². The molecule has 0 aliphatic carbocycles. The van der Waals surface area contributed by atoms with E-state index in [9.17, 15) is 24.0 Å². The zero-order chi connectivity index (χ0) is 22.4. The molecule has 2 heterocycles. The number of fused-ring (bicyclic) bond motifs is 1. The van der Waals surface area contributed by atoms with E-state index in [1.54, 1.807) is 24.3 Å². The number of amides is 3. The Labute approximate surface area is 183 Å². The van der Waals surface area contributed by atoms with Gasteiger partial charge in [-0.3, -0.25) is 24.1 Å². The van der Waals surface area contributed by atoms with E-state index in [0.29, 0.717) is 35.5 Å². The van der Waals surface area contributed by atoms with Gasteiger partial charge in [-0.15, -0.1) is 0 Å².